The van der Waals surface area contributed by atoms with Crippen LogP contribution in [0, 0.1) is 5.92 Å². The first-order chi connectivity index (χ1) is 6.05. The van der Waals surface area contributed by atoms with Crippen LogP contribution in [-0.2, 0) is 0 Å². The van der Waals surface area contributed by atoms with Crippen molar-refractivity contribution in [2.24, 2.45) is 5.92 Å². The first-order valence-electron chi connectivity index (χ1n) is 5.83. The van der Waals surface area contributed by atoms with E-state index in [1.54, 1.807) is 0 Å². The van der Waals surface area contributed by atoms with Crippen LogP contribution in [0.25, 0.3) is 0 Å². The molecule has 78 valence electrons. The second-order valence-electron chi connectivity index (χ2n) is 5.31. The van der Waals surface area contributed by atoms with Crippen molar-refractivity contribution < 1.29 is 0 Å². The zero-order chi connectivity index (χ0) is 9.90. The van der Waals surface area contributed by atoms with Gasteiger partial charge in [0, 0.05) is 11.6 Å². The van der Waals surface area contributed by atoms with Crippen molar-refractivity contribution >= 4 is 0 Å². The SMILES string of the molecule is CCCCCC1NC(C)(C)CC1C. The second kappa shape index (κ2) is 4.45. The van der Waals surface area contributed by atoms with Gasteiger partial charge in [0.25, 0.3) is 0 Å². The number of nitrogens with one attached hydrogen (secondary N) is 1. The van der Waals surface area contributed by atoms with Crippen LogP contribution in [0.5, 0.6) is 0 Å². The van der Waals surface area contributed by atoms with Crippen molar-refractivity contribution in [3.63, 3.8) is 0 Å². The van der Waals surface area contributed by atoms with Gasteiger partial charge in [0.15, 0.2) is 0 Å². The van der Waals surface area contributed by atoms with E-state index in [1.165, 1.54) is 32.1 Å². The van der Waals surface area contributed by atoms with Gasteiger partial charge in [-0.3, -0.25) is 0 Å². The van der Waals surface area contributed by atoms with Gasteiger partial charge in [-0.25, -0.2) is 0 Å². The van der Waals surface area contributed by atoms with Crippen LogP contribution in [0.2, 0.25) is 0 Å². The highest BCUT2D eigenvalue weighted by atomic mass is 15.0. The van der Waals surface area contributed by atoms with Gasteiger partial charge < -0.3 is 5.32 Å². The first-order valence-corrected chi connectivity index (χ1v) is 5.83. The molecule has 0 amide bonds. The molecule has 2 unspecified atom stereocenters. The minimum atomic E-state index is 0.385. The monoisotopic (exact) mass is 183 g/mol. The molecule has 0 aliphatic carbocycles. The molecule has 0 aromatic carbocycles. The van der Waals surface area contributed by atoms with Gasteiger partial charge in [0.2, 0.25) is 0 Å². The molecule has 2 atom stereocenters. The lowest BCUT2D eigenvalue weighted by Crippen LogP contribution is -2.37. The van der Waals surface area contributed by atoms with Crippen LogP contribution in [0.15, 0.2) is 0 Å². The van der Waals surface area contributed by atoms with Crippen molar-refractivity contribution in [1.29, 1.82) is 0 Å². The average molecular weight is 183 g/mol. The van der Waals surface area contributed by atoms with Gasteiger partial charge in [-0.05, 0) is 32.6 Å². The molecule has 0 radical (unpaired) electrons. The minimum absolute atomic E-state index is 0.385. The standard InChI is InChI=1S/C12H25N/c1-5-6-7-8-11-10(2)9-12(3,4)13-11/h10-11,13H,5-9H2,1-4H3. The predicted molar refractivity (Wildman–Crippen MR) is 58.9 cm³/mol. The Labute approximate surface area is 83.3 Å². The van der Waals surface area contributed by atoms with Crippen LogP contribution in [-0.4, -0.2) is 11.6 Å². The van der Waals surface area contributed by atoms with E-state index in [4.69, 9.17) is 0 Å². The molecule has 0 aromatic rings. The molecule has 1 nitrogen and oxygen atoms in total. The molecular weight excluding hydrogens is 158 g/mol. The summed E-state index contributed by atoms with van der Waals surface area (Å²) in [5.74, 6) is 0.867. The Hall–Kier alpha value is -0.0400. The summed E-state index contributed by atoms with van der Waals surface area (Å²) >= 11 is 0. The third kappa shape index (κ3) is 3.30. The van der Waals surface area contributed by atoms with Crippen LogP contribution < -0.4 is 5.32 Å². The van der Waals surface area contributed by atoms with Crippen molar-refractivity contribution in [2.45, 2.75) is 71.4 Å². The van der Waals surface area contributed by atoms with E-state index in [0.717, 1.165) is 12.0 Å². The summed E-state index contributed by atoms with van der Waals surface area (Å²) in [6, 6.07) is 0.779. The molecule has 1 heterocycles. The van der Waals surface area contributed by atoms with E-state index in [1.807, 2.05) is 0 Å². The van der Waals surface area contributed by atoms with Crippen molar-refractivity contribution in [3.05, 3.63) is 0 Å². The summed E-state index contributed by atoms with van der Waals surface area (Å²) in [6.07, 6.45) is 6.84. The van der Waals surface area contributed by atoms with Crippen LogP contribution in [0.1, 0.15) is 59.8 Å². The fourth-order valence-electron chi connectivity index (χ4n) is 2.62. The molecule has 0 spiro atoms. The van der Waals surface area contributed by atoms with Crippen LogP contribution >= 0.6 is 0 Å². The van der Waals surface area contributed by atoms with Gasteiger partial charge in [-0.1, -0.05) is 33.1 Å². The van der Waals surface area contributed by atoms with Gasteiger partial charge in [-0.2, -0.15) is 0 Å². The van der Waals surface area contributed by atoms with E-state index < -0.39 is 0 Å². The summed E-state index contributed by atoms with van der Waals surface area (Å²) in [6.45, 7) is 9.31. The molecule has 1 rings (SSSR count). The Morgan fingerprint density at radius 2 is 2.00 bits per heavy atom. The zero-order valence-corrected chi connectivity index (χ0v) is 9.69. The Morgan fingerprint density at radius 3 is 2.46 bits per heavy atom. The Balaban J connectivity index is 2.27. The summed E-state index contributed by atoms with van der Waals surface area (Å²) in [5.41, 5.74) is 0.385. The Bertz CT molecular complexity index is 151. The zero-order valence-electron chi connectivity index (χ0n) is 9.69. The Morgan fingerprint density at radius 1 is 1.31 bits per heavy atom. The largest absolute Gasteiger partial charge is 0.309 e. The van der Waals surface area contributed by atoms with Crippen molar-refractivity contribution in [2.75, 3.05) is 0 Å². The lowest BCUT2D eigenvalue weighted by Gasteiger charge is -2.20. The third-order valence-electron chi connectivity index (χ3n) is 3.21. The van der Waals surface area contributed by atoms with E-state index in [9.17, 15) is 0 Å². The smallest absolute Gasteiger partial charge is 0.0130 e. The Kier molecular flexibility index (Phi) is 3.78. The summed E-state index contributed by atoms with van der Waals surface area (Å²) in [7, 11) is 0. The van der Waals surface area contributed by atoms with E-state index in [2.05, 4.69) is 33.0 Å². The number of hydrogen-bond donors (Lipinski definition) is 1. The quantitative estimate of drug-likeness (QED) is 0.659. The maximum atomic E-state index is 3.74. The van der Waals surface area contributed by atoms with E-state index in [-0.39, 0.29) is 0 Å². The highest BCUT2D eigenvalue weighted by molar-refractivity contribution is 4.94. The molecule has 0 saturated carbocycles. The molecule has 1 saturated heterocycles. The highest BCUT2D eigenvalue weighted by Gasteiger charge is 2.34. The van der Waals surface area contributed by atoms with Crippen LogP contribution in [0.4, 0.5) is 0 Å². The van der Waals surface area contributed by atoms with Gasteiger partial charge >= 0.3 is 0 Å². The topological polar surface area (TPSA) is 12.0 Å². The molecule has 1 aliphatic rings. The highest BCUT2D eigenvalue weighted by Crippen LogP contribution is 2.30. The molecule has 0 aromatic heterocycles. The second-order valence-corrected chi connectivity index (χ2v) is 5.31. The molecule has 1 N–H and O–H groups in total. The normalized spacial score (nSPS) is 32.3. The first kappa shape index (κ1) is 11.0. The number of rotatable bonds is 4. The third-order valence-corrected chi connectivity index (χ3v) is 3.21. The maximum Gasteiger partial charge on any atom is 0.0130 e. The molecule has 1 aliphatic heterocycles. The molecular formula is C12H25N. The summed E-state index contributed by atoms with van der Waals surface area (Å²) in [5, 5.41) is 3.74. The summed E-state index contributed by atoms with van der Waals surface area (Å²) < 4.78 is 0. The number of unbranched alkanes of at least 4 members (excludes halogenated alkanes) is 2. The maximum absolute atomic E-state index is 3.74. The van der Waals surface area contributed by atoms with Crippen LogP contribution in [0.3, 0.4) is 0 Å². The molecule has 0 bridgehead atoms. The molecule has 13 heavy (non-hydrogen) atoms. The predicted octanol–water partition coefficient (Wildman–Crippen LogP) is 3.34. The summed E-state index contributed by atoms with van der Waals surface area (Å²) in [4.78, 5) is 0. The molecule has 1 heteroatoms. The fourth-order valence-corrected chi connectivity index (χ4v) is 2.62. The van der Waals surface area contributed by atoms with E-state index in [0.29, 0.717) is 5.54 Å². The van der Waals surface area contributed by atoms with E-state index >= 15 is 0 Å². The number of hydrogen-bond acceptors (Lipinski definition) is 1. The van der Waals surface area contributed by atoms with Crippen molar-refractivity contribution in [3.8, 4) is 0 Å². The van der Waals surface area contributed by atoms with Gasteiger partial charge in [0.05, 0.1) is 0 Å². The minimum Gasteiger partial charge on any atom is -0.309 e. The molecule has 1 fully saturated rings. The lowest BCUT2D eigenvalue weighted by atomic mass is 9.94. The average Bonchev–Trinajstić information content (AvgIpc) is 2.25. The fraction of sp³-hybridized carbons (Fsp3) is 1.00. The van der Waals surface area contributed by atoms with Crippen molar-refractivity contribution in [1.82, 2.24) is 5.32 Å². The van der Waals surface area contributed by atoms with Gasteiger partial charge in [0.1, 0.15) is 0 Å². The van der Waals surface area contributed by atoms with Gasteiger partial charge in [-0.15, -0.1) is 0 Å². The lowest BCUT2D eigenvalue weighted by molar-refractivity contribution is 0.404.